The fraction of sp³-hybridized carbons (Fsp3) is 0.333. The van der Waals surface area contributed by atoms with E-state index < -0.39 is 0 Å². The Morgan fingerprint density at radius 3 is 2.50 bits per heavy atom. The Morgan fingerprint density at radius 1 is 1.38 bits per heavy atom. The van der Waals surface area contributed by atoms with Gasteiger partial charge < -0.3 is 5.11 Å². The molecule has 0 heterocycles. The predicted molar refractivity (Wildman–Crippen MR) is 37.0 cm³/mol. The lowest BCUT2D eigenvalue weighted by Crippen LogP contribution is -1.86. The summed E-state index contributed by atoms with van der Waals surface area (Å²) in [7, 11) is 0. The van der Waals surface area contributed by atoms with Gasteiger partial charge in [-0.1, -0.05) is 0 Å². The van der Waals surface area contributed by atoms with Crippen molar-refractivity contribution in [3.05, 3.63) is 22.8 Å². The van der Waals surface area contributed by atoms with Crippen molar-refractivity contribution < 1.29 is 5.11 Å². The number of aliphatic hydroxyl groups excluding tert-OH is 1. The maximum atomic E-state index is 8.81. The summed E-state index contributed by atoms with van der Waals surface area (Å²) in [6.07, 6.45) is 5.13. The van der Waals surface area contributed by atoms with E-state index >= 15 is 0 Å². The van der Waals surface area contributed by atoms with Crippen molar-refractivity contribution in [2.45, 2.75) is 12.8 Å². The Morgan fingerprint density at radius 2 is 2.12 bits per heavy atom. The molecule has 0 aromatic heterocycles. The van der Waals surface area contributed by atoms with Gasteiger partial charge in [0, 0.05) is 6.42 Å². The minimum Gasteiger partial charge on any atom is -0.512 e. The fourth-order valence-corrected chi connectivity index (χ4v) is 0.802. The smallest absolute Gasteiger partial charge is 0.0926 e. The van der Waals surface area contributed by atoms with Gasteiger partial charge >= 0.3 is 0 Å². The molecule has 0 saturated carbocycles. The Balaban J connectivity index is 2.65. The van der Waals surface area contributed by atoms with Gasteiger partial charge in [-0.25, -0.2) is 0 Å². The van der Waals surface area contributed by atoms with Crippen molar-refractivity contribution in [1.82, 2.24) is 0 Å². The molecule has 0 spiro atoms. The molecule has 0 aromatic rings. The largest absolute Gasteiger partial charge is 0.512 e. The highest BCUT2D eigenvalue weighted by Gasteiger charge is 1.99. The lowest BCUT2D eigenvalue weighted by molar-refractivity contribution is 0.387. The molecule has 0 unspecified atom stereocenters. The number of aliphatic hydroxyl groups is 1. The third-order valence-corrected chi connectivity index (χ3v) is 1.48. The van der Waals surface area contributed by atoms with Gasteiger partial charge in [0.05, 0.1) is 5.76 Å². The van der Waals surface area contributed by atoms with E-state index in [0.29, 0.717) is 5.76 Å². The normalized spacial score (nSPS) is 19.6. The van der Waals surface area contributed by atoms with Crippen LogP contribution in [0.25, 0.3) is 0 Å². The second-order valence-corrected chi connectivity index (χ2v) is 2.39. The molecular formula is C6H8OS. The molecule has 1 rings (SSSR count). The number of allylic oxidation sites excluding steroid dienone is 4. The lowest BCUT2D eigenvalue weighted by atomic mass is 10.2. The van der Waals surface area contributed by atoms with Crippen LogP contribution >= 0.6 is 12.6 Å². The summed E-state index contributed by atoms with van der Waals surface area (Å²) >= 11 is 4.11. The van der Waals surface area contributed by atoms with E-state index in [4.69, 9.17) is 5.11 Å². The highest BCUT2D eigenvalue weighted by Crippen LogP contribution is 2.17. The molecule has 0 aliphatic heterocycles. The molecule has 1 aliphatic rings. The number of hydrogen-bond donors (Lipinski definition) is 2. The summed E-state index contributed by atoms with van der Waals surface area (Å²) < 4.78 is 0. The predicted octanol–water partition coefficient (Wildman–Crippen LogP) is 2.04. The zero-order valence-electron chi connectivity index (χ0n) is 4.46. The lowest BCUT2D eigenvalue weighted by Gasteiger charge is -2.03. The Hall–Kier alpha value is -0.370. The highest BCUT2D eigenvalue weighted by atomic mass is 32.1. The van der Waals surface area contributed by atoms with Crippen LogP contribution in [0.1, 0.15) is 12.8 Å². The van der Waals surface area contributed by atoms with E-state index in [1.54, 1.807) is 6.08 Å². The Bertz CT molecular complexity index is 129. The first-order valence-corrected chi connectivity index (χ1v) is 3.01. The van der Waals surface area contributed by atoms with E-state index in [9.17, 15) is 0 Å². The van der Waals surface area contributed by atoms with Crippen LogP contribution in [0.15, 0.2) is 22.8 Å². The molecule has 0 atom stereocenters. The molecule has 1 nitrogen and oxygen atoms in total. The van der Waals surface area contributed by atoms with Gasteiger partial charge in [0.25, 0.3) is 0 Å². The average Bonchev–Trinajstić information content (AvgIpc) is 1.77. The maximum absolute atomic E-state index is 8.81. The van der Waals surface area contributed by atoms with Crippen LogP contribution in [-0.4, -0.2) is 5.11 Å². The quantitative estimate of drug-likeness (QED) is 0.478. The summed E-state index contributed by atoms with van der Waals surface area (Å²) in [4.78, 5) is 1.04. The molecular weight excluding hydrogens is 120 g/mol. The van der Waals surface area contributed by atoms with E-state index in [1.165, 1.54) is 0 Å². The van der Waals surface area contributed by atoms with Crippen molar-refractivity contribution in [2.75, 3.05) is 0 Å². The molecule has 1 aliphatic carbocycles. The average molecular weight is 128 g/mol. The topological polar surface area (TPSA) is 20.2 Å². The monoisotopic (exact) mass is 128 g/mol. The van der Waals surface area contributed by atoms with Gasteiger partial charge in [-0.05, 0) is 23.5 Å². The molecule has 0 amide bonds. The van der Waals surface area contributed by atoms with Crippen molar-refractivity contribution in [2.24, 2.45) is 0 Å². The number of rotatable bonds is 0. The van der Waals surface area contributed by atoms with Crippen LogP contribution in [0, 0.1) is 0 Å². The minimum atomic E-state index is 0.461. The van der Waals surface area contributed by atoms with Gasteiger partial charge in [-0.2, -0.15) is 0 Å². The summed E-state index contributed by atoms with van der Waals surface area (Å²) in [6.45, 7) is 0. The molecule has 0 fully saturated rings. The molecule has 0 bridgehead atoms. The first-order chi connectivity index (χ1) is 3.79. The summed E-state index contributed by atoms with van der Waals surface area (Å²) in [5.74, 6) is 0.461. The van der Waals surface area contributed by atoms with E-state index in [0.717, 1.165) is 17.7 Å². The fourth-order valence-electron chi connectivity index (χ4n) is 0.615. The standard InChI is InChI=1S/C6H8OS/c7-5-1-3-6(8)4-2-5/h1,3,7-8H,2,4H2. The van der Waals surface area contributed by atoms with Crippen molar-refractivity contribution >= 4 is 12.6 Å². The van der Waals surface area contributed by atoms with Gasteiger partial charge in [-0.15, -0.1) is 12.6 Å². The molecule has 1 N–H and O–H groups in total. The summed E-state index contributed by atoms with van der Waals surface area (Å²) in [5.41, 5.74) is 0. The Labute approximate surface area is 54.1 Å². The van der Waals surface area contributed by atoms with Crippen LogP contribution in [0.4, 0.5) is 0 Å². The van der Waals surface area contributed by atoms with Crippen molar-refractivity contribution in [3.63, 3.8) is 0 Å². The second-order valence-electron chi connectivity index (χ2n) is 1.82. The Kier molecular flexibility index (Phi) is 1.63. The first-order valence-electron chi connectivity index (χ1n) is 2.57. The zero-order valence-corrected chi connectivity index (χ0v) is 5.36. The number of hydrogen-bond acceptors (Lipinski definition) is 2. The van der Waals surface area contributed by atoms with Gasteiger partial charge in [-0.3, -0.25) is 0 Å². The SMILES string of the molecule is OC1=CC=C(S)CC1. The summed E-state index contributed by atoms with van der Waals surface area (Å²) in [5, 5.41) is 8.81. The highest BCUT2D eigenvalue weighted by molar-refractivity contribution is 7.84. The van der Waals surface area contributed by atoms with E-state index in [1.807, 2.05) is 6.08 Å². The third kappa shape index (κ3) is 1.30. The molecule has 0 aromatic carbocycles. The zero-order chi connectivity index (χ0) is 5.98. The van der Waals surface area contributed by atoms with Crippen LogP contribution in [0.3, 0.4) is 0 Å². The van der Waals surface area contributed by atoms with Gasteiger partial charge in [0.1, 0.15) is 0 Å². The summed E-state index contributed by atoms with van der Waals surface area (Å²) in [6, 6.07) is 0. The van der Waals surface area contributed by atoms with Crippen molar-refractivity contribution in [3.8, 4) is 0 Å². The first kappa shape index (κ1) is 5.76. The molecule has 0 saturated heterocycles. The maximum Gasteiger partial charge on any atom is 0.0926 e. The number of thiol groups is 1. The third-order valence-electron chi connectivity index (χ3n) is 1.11. The van der Waals surface area contributed by atoms with Crippen LogP contribution < -0.4 is 0 Å². The van der Waals surface area contributed by atoms with Gasteiger partial charge in [0.2, 0.25) is 0 Å². The molecule has 2 heteroatoms. The van der Waals surface area contributed by atoms with E-state index in [-0.39, 0.29) is 0 Å². The molecule has 8 heavy (non-hydrogen) atoms. The molecule has 0 radical (unpaired) electrons. The van der Waals surface area contributed by atoms with Crippen LogP contribution in [0.2, 0.25) is 0 Å². The second kappa shape index (κ2) is 2.27. The molecule has 44 valence electrons. The van der Waals surface area contributed by atoms with Crippen LogP contribution in [0.5, 0.6) is 0 Å². The minimum absolute atomic E-state index is 0.461. The van der Waals surface area contributed by atoms with Crippen LogP contribution in [-0.2, 0) is 0 Å². The van der Waals surface area contributed by atoms with E-state index in [2.05, 4.69) is 12.6 Å². The van der Waals surface area contributed by atoms with Gasteiger partial charge in [0.15, 0.2) is 0 Å². The van der Waals surface area contributed by atoms with Crippen molar-refractivity contribution in [1.29, 1.82) is 0 Å².